The minimum atomic E-state index is -1.58. The van der Waals surface area contributed by atoms with Crippen LogP contribution in [0.5, 0.6) is 0 Å². The molecule has 0 bridgehead atoms. The van der Waals surface area contributed by atoms with Crippen molar-refractivity contribution in [2.45, 2.75) is 71.5 Å². The van der Waals surface area contributed by atoms with E-state index in [2.05, 4.69) is 0 Å². The average molecular weight is 356 g/mol. The average Bonchev–Trinajstić information content (AvgIpc) is 2.32. The summed E-state index contributed by atoms with van der Waals surface area (Å²) in [7, 11) is 0. The molecule has 1 atom stereocenters. The second-order valence-electron chi connectivity index (χ2n) is 8.26. The van der Waals surface area contributed by atoms with Gasteiger partial charge in [-0.1, -0.05) is 0 Å². The smallest absolute Gasteiger partial charge is 0.317 e. The minimum absolute atomic E-state index is 0.0186. The topological polar surface area (TPSA) is 52.6 Å². The number of carbonyl (C=O) groups is 2. The molecule has 1 unspecified atom stereocenters. The maximum absolute atomic E-state index is 13.7. The van der Waals surface area contributed by atoms with Gasteiger partial charge in [0.1, 0.15) is 28.3 Å². The zero-order chi connectivity index (χ0) is 19.6. The summed E-state index contributed by atoms with van der Waals surface area (Å²) in [6.07, 6.45) is -0.401. The Bertz CT molecular complexity index is 636. The van der Waals surface area contributed by atoms with Gasteiger partial charge in [0.2, 0.25) is 0 Å². The van der Waals surface area contributed by atoms with Crippen LogP contribution in [0.3, 0.4) is 0 Å². The van der Waals surface area contributed by atoms with Crippen LogP contribution in [-0.4, -0.2) is 23.1 Å². The zero-order valence-corrected chi connectivity index (χ0v) is 15.8. The molecule has 0 aliphatic carbocycles. The Hall–Kier alpha value is -1.98. The second kappa shape index (κ2) is 7.10. The first-order valence-electron chi connectivity index (χ1n) is 8.04. The zero-order valence-electron chi connectivity index (χ0n) is 15.8. The lowest BCUT2D eigenvalue weighted by atomic mass is 9.79. The fourth-order valence-corrected chi connectivity index (χ4v) is 2.22. The Morgan fingerprint density at radius 3 is 1.68 bits per heavy atom. The maximum atomic E-state index is 13.7. The molecule has 0 fully saturated rings. The third-order valence-corrected chi connectivity index (χ3v) is 3.27. The number of halogens is 2. The third-order valence-electron chi connectivity index (χ3n) is 3.27. The predicted octanol–water partition coefficient (Wildman–Crippen LogP) is 4.30. The van der Waals surface area contributed by atoms with Crippen molar-refractivity contribution in [3.63, 3.8) is 0 Å². The Labute approximate surface area is 147 Å². The van der Waals surface area contributed by atoms with E-state index in [1.807, 2.05) is 0 Å². The molecule has 0 amide bonds. The van der Waals surface area contributed by atoms with Crippen molar-refractivity contribution in [1.29, 1.82) is 0 Å². The number of hydrogen-bond acceptors (Lipinski definition) is 4. The van der Waals surface area contributed by atoms with Crippen molar-refractivity contribution >= 4 is 11.9 Å². The molecule has 0 radical (unpaired) electrons. The van der Waals surface area contributed by atoms with Gasteiger partial charge in [0.15, 0.2) is 0 Å². The van der Waals surface area contributed by atoms with E-state index in [9.17, 15) is 18.4 Å². The van der Waals surface area contributed by atoms with E-state index in [1.165, 1.54) is 6.92 Å². The molecule has 0 N–H and O–H groups in total. The van der Waals surface area contributed by atoms with Gasteiger partial charge in [-0.05, 0) is 66.2 Å². The van der Waals surface area contributed by atoms with E-state index in [-0.39, 0.29) is 5.56 Å². The Balaban J connectivity index is 3.30. The fraction of sp³-hybridized carbons (Fsp3) is 0.579. The van der Waals surface area contributed by atoms with Crippen LogP contribution in [-0.2, 0) is 24.5 Å². The molecule has 0 spiro atoms. The van der Waals surface area contributed by atoms with E-state index in [1.54, 1.807) is 41.5 Å². The summed E-state index contributed by atoms with van der Waals surface area (Å²) in [5.41, 5.74) is -3.14. The van der Waals surface area contributed by atoms with Gasteiger partial charge in [-0.2, -0.15) is 0 Å². The molecule has 0 saturated carbocycles. The van der Waals surface area contributed by atoms with E-state index in [4.69, 9.17) is 9.47 Å². The van der Waals surface area contributed by atoms with Crippen LogP contribution in [0, 0.1) is 11.6 Å². The molecule has 0 aliphatic heterocycles. The van der Waals surface area contributed by atoms with Gasteiger partial charge in [-0.25, -0.2) is 8.78 Å². The van der Waals surface area contributed by atoms with Crippen molar-refractivity contribution < 1.29 is 27.8 Å². The largest absolute Gasteiger partial charge is 0.460 e. The van der Waals surface area contributed by atoms with Gasteiger partial charge in [0.25, 0.3) is 0 Å². The molecule has 0 aliphatic rings. The first-order chi connectivity index (χ1) is 11.1. The summed E-state index contributed by atoms with van der Waals surface area (Å²) in [5.74, 6) is -3.09. The van der Waals surface area contributed by atoms with Gasteiger partial charge in [0.05, 0.1) is 6.42 Å². The molecule has 0 aromatic heterocycles. The number of rotatable bonds is 4. The summed E-state index contributed by atoms with van der Waals surface area (Å²) >= 11 is 0. The number of ether oxygens (including phenoxy) is 2. The van der Waals surface area contributed by atoms with Crippen molar-refractivity contribution in [1.82, 2.24) is 0 Å². The normalized spacial score (nSPS) is 14.6. The van der Waals surface area contributed by atoms with Gasteiger partial charge < -0.3 is 9.47 Å². The first-order valence-corrected chi connectivity index (χ1v) is 8.04. The lowest BCUT2D eigenvalue weighted by molar-refractivity contribution is -0.169. The van der Waals surface area contributed by atoms with Gasteiger partial charge in [0, 0.05) is 6.07 Å². The highest BCUT2D eigenvalue weighted by atomic mass is 19.1. The molecule has 1 rings (SSSR count). The van der Waals surface area contributed by atoms with Crippen LogP contribution >= 0.6 is 0 Å². The van der Waals surface area contributed by atoms with E-state index < -0.39 is 46.6 Å². The summed E-state index contributed by atoms with van der Waals surface area (Å²) in [4.78, 5) is 25.0. The minimum Gasteiger partial charge on any atom is -0.460 e. The highest BCUT2D eigenvalue weighted by Gasteiger charge is 2.42. The van der Waals surface area contributed by atoms with Crippen LogP contribution in [0.1, 0.15) is 60.5 Å². The second-order valence-corrected chi connectivity index (χ2v) is 8.26. The lowest BCUT2D eigenvalue weighted by Gasteiger charge is -2.32. The van der Waals surface area contributed by atoms with Crippen molar-refractivity contribution in [3.8, 4) is 0 Å². The summed E-state index contributed by atoms with van der Waals surface area (Å²) in [5, 5.41) is 0. The van der Waals surface area contributed by atoms with Crippen LogP contribution in [0.25, 0.3) is 0 Å². The molecule has 0 saturated heterocycles. The fourth-order valence-electron chi connectivity index (χ4n) is 2.22. The van der Waals surface area contributed by atoms with Crippen LogP contribution in [0.4, 0.5) is 8.78 Å². The van der Waals surface area contributed by atoms with Crippen molar-refractivity contribution in [3.05, 3.63) is 35.4 Å². The standard InChI is InChI=1S/C19H26F2O4/c1-17(2,3)24-15(22)11-19(7,16(23)25-18(4,5)6)12-8-13(20)10-14(21)9-12/h8-10H,11H2,1-7H3. The maximum Gasteiger partial charge on any atom is 0.317 e. The van der Waals surface area contributed by atoms with Crippen molar-refractivity contribution in [2.75, 3.05) is 0 Å². The Morgan fingerprint density at radius 1 is 0.840 bits per heavy atom. The van der Waals surface area contributed by atoms with E-state index >= 15 is 0 Å². The summed E-state index contributed by atoms with van der Waals surface area (Å²) in [6.45, 7) is 11.5. The summed E-state index contributed by atoms with van der Waals surface area (Å²) in [6, 6.07) is 2.75. The van der Waals surface area contributed by atoms with Gasteiger partial charge in [-0.3, -0.25) is 9.59 Å². The monoisotopic (exact) mass is 356 g/mol. The Morgan fingerprint density at radius 2 is 1.28 bits per heavy atom. The molecule has 1 aromatic carbocycles. The quantitative estimate of drug-likeness (QED) is 0.755. The summed E-state index contributed by atoms with van der Waals surface area (Å²) < 4.78 is 38.0. The molecular weight excluding hydrogens is 330 g/mol. The van der Waals surface area contributed by atoms with Gasteiger partial charge >= 0.3 is 11.9 Å². The third kappa shape index (κ3) is 6.44. The molecule has 25 heavy (non-hydrogen) atoms. The predicted molar refractivity (Wildman–Crippen MR) is 90.0 cm³/mol. The highest BCUT2D eigenvalue weighted by molar-refractivity contribution is 5.88. The van der Waals surface area contributed by atoms with Crippen molar-refractivity contribution in [2.24, 2.45) is 0 Å². The number of benzene rings is 1. The molecule has 4 nitrogen and oxygen atoms in total. The first kappa shape index (κ1) is 21.1. The number of carbonyl (C=O) groups excluding carboxylic acids is 2. The Kier molecular flexibility index (Phi) is 5.98. The molecule has 0 heterocycles. The SMILES string of the molecule is CC(C)(C)OC(=O)CC(C)(C(=O)OC(C)(C)C)c1cc(F)cc(F)c1. The van der Waals surface area contributed by atoms with E-state index in [0.717, 1.165) is 12.1 Å². The van der Waals surface area contributed by atoms with E-state index in [0.29, 0.717) is 6.07 Å². The number of hydrogen-bond donors (Lipinski definition) is 0. The molecule has 140 valence electrons. The van der Waals surface area contributed by atoms with Crippen LogP contribution in [0.15, 0.2) is 18.2 Å². The number of esters is 2. The van der Waals surface area contributed by atoms with Crippen LogP contribution in [0.2, 0.25) is 0 Å². The molecule has 6 heteroatoms. The highest BCUT2D eigenvalue weighted by Crippen LogP contribution is 2.33. The molecule has 1 aromatic rings. The van der Waals surface area contributed by atoms with Crippen LogP contribution < -0.4 is 0 Å². The van der Waals surface area contributed by atoms with Gasteiger partial charge in [-0.15, -0.1) is 0 Å². The molecular formula is C19H26F2O4. The lowest BCUT2D eigenvalue weighted by Crippen LogP contribution is -2.42.